The number of hydrogen-bond donors (Lipinski definition) is 0. The Bertz CT molecular complexity index is 1300. The van der Waals surface area contributed by atoms with Crippen molar-refractivity contribution in [1.82, 2.24) is 0 Å². The molecule has 0 aliphatic carbocycles. The lowest BCUT2D eigenvalue weighted by molar-refractivity contribution is -0.136. The molecule has 0 N–H and O–H groups in total. The zero-order valence-electron chi connectivity index (χ0n) is 20.3. The molecule has 0 amide bonds. The number of esters is 3. The summed E-state index contributed by atoms with van der Waals surface area (Å²) in [6, 6.07) is 27.2. The lowest BCUT2D eigenvalue weighted by Gasteiger charge is -2.20. The zero-order valence-corrected chi connectivity index (χ0v) is 20.3. The van der Waals surface area contributed by atoms with Crippen molar-refractivity contribution >= 4 is 34.6 Å². The minimum Gasteiger partial charge on any atom is -0.466 e. The highest BCUT2D eigenvalue weighted by Gasteiger charge is 2.27. The van der Waals surface area contributed by atoms with Gasteiger partial charge in [-0.2, -0.15) is 0 Å². The van der Waals surface area contributed by atoms with E-state index in [0.29, 0.717) is 27.8 Å². The minimum absolute atomic E-state index is 0.0827. The summed E-state index contributed by atoms with van der Waals surface area (Å²) in [6.45, 7) is 0. The van der Waals surface area contributed by atoms with Crippen LogP contribution in [0.25, 0.3) is 16.7 Å². The Balaban J connectivity index is 2.55. The summed E-state index contributed by atoms with van der Waals surface area (Å²) >= 11 is 0. The molecule has 3 aromatic carbocycles. The van der Waals surface area contributed by atoms with E-state index in [-0.39, 0.29) is 11.1 Å². The van der Waals surface area contributed by atoms with Crippen LogP contribution >= 0.6 is 0 Å². The standard InChI is InChI=1S/C30H26O6/c1-34-26(31)19-24(21-13-7-4-8-14-21)28(23-17-11-6-12-18-23)29(30(33)36-3)25(20-27(32)35-2)22-15-9-5-10-16-22/h4-20H,1-3H3/b24-19-,25-20-,29-28-. The van der Waals surface area contributed by atoms with Gasteiger partial charge in [-0.25, -0.2) is 14.4 Å². The van der Waals surface area contributed by atoms with Gasteiger partial charge >= 0.3 is 17.9 Å². The minimum atomic E-state index is -0.695. The van der Waals surface area contributed by atoms with Gasteiger partial charge in [0.2, 0.25) is 0 Å². The van der Waals surface area contributed by atoms with E-state index in [2.05, 4.69) is 0 Å². The Morgan fingerprint density at radius 2 is 0.917 bits per heavy atom. The number of methoxy groups -OCH3 is 3. The van der Waals surface area contributed by atoms with Crippen molar-refractivity contribution in [3.05, 3.63) is 125 Å². The number of carbonyl (C=O) groups excluding carboxylic acids is 3. The molecule has 0 spiro atoms. The van der Waals surface area contributed by atoms with Crippen LogP contribution in [0.2, 0.25) is 0 Å². The van der Waals surface area contributed by atoms with Crippen LogP contribution in [-0.2, 0) is 28.6 Å². The highest BCUT2D eigenvalue weighted by molar-refractivity contribution is 6.24. The van der Waals surface area contributed by atoms with Gasteiger partial charge in [0.05, 0.1) is 26.9 Å². The van der Waals surface area contributed by atoms with Gasteiger partial charge in [0, 0.05) is 23.3 Å². The molecule has 36 heavy (non-hydrogen) atoms. The maximum atomic E-state index is 13.5. The predicted octanol–water partition coefficient (Wildman–Crippen LogP) is 5.13. The van der Waals surface area contributed by atoms with Crippen LogP contribution in [0.5, 0.6) is 0 Å². The molecule has 0 radical (unpaired) electrons. The van der Waals surface area contributed by atoms with Crippen LogP contribution in [0.1, 0.15) is 16.7 Å². The van der Waals surface area contributed by atoms with E-state index in [9.17, 15) is 14.4 Å². The van der Waals surface area contributed by atoms with E-state index in [1.165, 1.54) is 33.5 Å². The summed E-state index contributed by atoms with van der Waals surface area (Å²) in [5, 5.41) is 0. The molecule has 0 atom stereocenters. The second-order valence-corrected chi connectivity index (χ2v) is 7.50. The molecule has 0 bridgehead atoms. The average Bonchev–Trinajstić information content (AvgIpc) is 2.94. The molecule has 0 fully saturated rings. The number of allylic oxidation sites excluding steroid dienone is 2. The van der Waals surface area contributed by atoms with Crippen molar-refractivity contribution in [1.29, 1.82) is 0 Å². The normalized spacial score (nSPS) is 12.3. The molecule has 0 unspecified atom stereocenters. The molecule has 0 saturated carbocycles. The summed E-state index contributed by atoms with van der Waals surface area (Å²) in [5.74, 6) is -1.95. The van der Waals surface area contributed by atoms with Crippen LogP contribution in [0.4, 0.5) is 0 Å². The highest BCUT2D eigenvalue weighted by Crippen LogP contribution is 2.39. The zero-order chi connectivity index (χ0) is 25.9. The van der Waals surface area contributed by atoms with Crippen LogP contribution in [0, 0.1) is 0 Å². The van der Waals surface area contributed by atoms with E-state index in [1.807, 2.05) is 66.7 Å². The fourth-order valence-corrected chi connectivity index (χ4v) is 3.68. The Morgan fingerprint density at radius 3 is 1.33 bits per heavy atom. The molecule has 0 saturated heterocycles. The first kappa shape index (κ1) is 25.9. The van der Waals surface area contributed by atoms with Gasteiger partial charge in [-0.1, -0.05) is 91.0 Å². The van der Waals surface area contributed by atoms with E-state index in [0.717, 1.165) is 0 Å². The number of benzene rings is 3. The van der Waals surface area contributed by atoms with Crippen molar-refractivity contribution in [2.24, 2.45) is 0 Å². The number of ether oxygens (including phenoxy) is 3. The SMILES string of the molecule is COC(=O)\C=C(/C(C(=O)OC)=C(/C(=C\C(=O)OC)c1ccccc1)c1ccccc1)c1ccccc1. The van der Waals surface area contributed by atoms with Crippen molar-refractivity contribution in [2.75, 3.05) is 21.3 Å². The smallest absolute Gasteiger partial charge is 0.339 e. The molecular weight excluding hydrogens is 456 g/mol. The second-order valence-electron chi connectivity index (χ2n) is 7.50. The molecule has 3 rings (SSSR count). The Labute approximate surface area is 210 Å². The molecule has 0 aromatic heterocycles. The first-order chi connectivity index (χ1) is 17.5. The highest BCUT2D eigenvalue weighted by atomic mass is 16.5. The monoisotopic (exact) mass is 482 g/mol. The van der Waals surface area contributed by atoms with Crippen LogP contribution < -0.4 is 0 Å². The molecule has 6 heteroatoms. The maximum absolute atomic E-state index is 13.5. The van der Waals surface area contributed by atoms with Gasteiger partial charge < -0.3 is 14.2 Å². The molecule has 182 valence electrons. The summed E-state index contributed by atoms with van der Waals surface area (Å²) in [6.07, 6.45) is 2.56. The van der Waals surface area contributed by atoms with Gasteiger partial charge in [-0.05, 0) is 22.3 Å². The molecule has 0 aliphatic rings. The first-order valence-corrected chi connectivity index (χ1v) is 11.1. The number of rotatable bonds is 8. The molecule has 0 aliphatic heterocycles. The molecule has 0 heterocycles. The topological polar surface area (TPSA) is 78.9 Å². The summed E-state index contributed by atoms with van der Waals surface area (Å²) < 4.78 is 15.1. The third-order valence-corrected chi connectivity index (χ3v) is 5.34. The summed E-state index contributed by atoms with van der Waals surface area (Å²) in [7, 11) is 3.80. The Morgan fingerprint density at radius 1 is 0.528 bits per heavy atom. The van der Waals surface area contributed by atoms with Gasteiger partial charge in [-0.15, -0.1) is 0 Å². The van der Waals surface area contributed by atoms with Gasteiger partial charge in [0.15, 0.2) is 0 Å². The lowest BCUT2D eigenvalue weighted by atomic mass is 9.83. The lowest BCUT2D eigenvalue weighted by Crippen LogP contribution is -2.13. The van der Waals surface area contributed by atoms with Gasteiger partial charge in [-0.3, -0.25) is 0 Å². The van der Waals surface area contributed by atoms with Crippen molar-refractivity contribution in [3.63, 3.8) is 0 Å². The van der Waals surface area contributed by atoms with Gasteiger partial charge in [0.1, 0.15) is 0 Å². The van der Waals surface area contributed by atoms with Crippen LogP contribution in [0.3, 0.4) is 0 Å². The molecule has 3 aromatic rings. The van der Waals surface area contributed by atoms with E-state index < -0.39 is 17.9 Å². The average molecular weight is 483 g/mol. The molecular formula is C30H26O6. The first-order valence-electron chi connectivity index (χ1n) is 11.1. The molecule has 6 nitrogen and oxygen atoms in total. The van der Waals surface area contributed by atoms with Crippen molar-refractivity contribution < 1.29 is 28.6 Å². The van der Waals surface area contributed by atoms with Crippen molar-refractivity contribution in [2.45, 2.75) is 0 Å². The maximum Gasteiger partial charge on any atom is 0.339 e. The quantitative estimate of drug-likeness (QED) is 0.192. The fourth-order valence-electron chi connectivity index (χ4n) is 3.68. The van der Waals surface area contributed by atoms with E-state index in [4.69, 9.17) is 14.2 Å². The third-order valence-electron chi connectivity index (χ3n) is 5.34. The second kappa shape index (κ2) is 12.7. The fraction of sp³-hybridized carbons (Fsp3) is 0.100. The Hall–Kier alpha value is -4.71. The van der Waals surface area contributed by atoms with Gasteiger partial charge in [0.25, 0.3) is 0 Å². The Kier molecular flexibility index (Phi) is 9.12. The number of carbonyl (C=O) groups is 3. The van der Waals surface area contributed by atoms with E-state index in [1.54, 1.807) is 24.3 Å². The predicted molar refractivity (Wildman–Crippen MR) is 138 cm³/mol. The van der Waals surface area contributed by atoms with E-state index >= 15 is 0 Å². The largest absolute Gasteiger partial charge is 0.466 e. The van der Waals surface area contributed by atoms with Crippen molar-refractivity contribution in [3.8, 4) is 0 Å². The van der Waals surface area contributed by atoms with Crippen LogP contribution in [0.15, 0.2) is 109 Å². The summed E-state index contributed by atoms with van der Waals surface area (Å²) in [5.41, 5.74) is 3.04. The van der Waals surface area contributed by atoms with Crippen LogP contribution in [-0.4, -0.2) is 39.2 Å². The number of hydrogen-bond acceptors (Lipinski definition) is 6. The summed E-state index contributed by atoms with van der Waals surface area (Å²) in [4.78, 5) is 38.5. The third kappa shape index (κ3) is 6.24.